The van der Waals surface area contributed by atoms with E-state index < -0.39 is 11.7 Å². The molecule has 164 valence electrons. The van der Waals surface area contributed by atoms with E-state index in [0.717, 1.165) is 37.2 Å². The number of benzene rings is 1. The lowest BCUT2D eigenvalue weighted by molar-refractivity contribution is -0.137. The standard InChI is InChI=1S/C22H29F3N4O/c1-14(2)28-9-8-17(13-28)12-26-21(30)11-20-15(3)27-29(16(20)4)19-7-5-6-18(10-19)22(23,24)25/h5-7,10,14,17H,8-9,11-13H2,1-4H3,(H,26,30). The molecule has 2 heterocycles. The second kappa shape index (κ2) is 8.79. The summed E-state index contributed by atoms with van der Waals surface area (Å²) in [6.07, 6.45) is -3.18. The monoisotopic (exact) mass is 422 g/mol. The Hall–Kier alpha value is -2.35. The fourth-order valence-corrected chi connectivity index (χ4v) is 3.98. The van der Waals surface area contributed by atoms with Crippen LogP contribution in [0.15, 0.2) is 24.3 Å². The van der Waals surface area contributed by atoms with Gasteiger partial charge < -0.3 is 10.2 Å². The van der Waals surface area contributed by atoms with E-state index >= 15 is 0 Å². The summed E-state index contributed by atoms with van der Waals surface area (Å²) in [5, 5.41) is 7.40. The molecule has 1 saturated heterocycles. The molecule has 0 radical (unpaired) electrons. The first-order valence-corrected chi connectivity index (χ1v) is 10.3. The molecule has 1 aliphatic rings. The van der Waals surface area contributed by atoms with Crippen molar-refractivity contribution in [1.82, 2.24) is 20.0 Å². The van der Waals surface area contributed by atoms with Crippen LogP contribution in [-0.2, 0) is 17.4 Å². The minimum absolute atomic E-state index is 0.0900. The van der Waals surface area contributed by atoms with Gasteiger partial charge in [0.05, 0.1) is 23.4 Å². The molecule has 0 aliphatic carbocycles. The van der Waals surface area contributed by atoms with Gasteiger partial charge in [0.2, 0.25) is 5.91 Å². The number of aryl methyl sites for hydroxylation is 1. The molecule has 1 aliphatic heterocycles. The minimum Gasteiger partial charge on any atom is -0.355 e. The Labute approximate surface area is 175 Å². The maximum atomic E-state index is 13.0. The molecule has 1 fully saturated rings. The van der Waals surface area contributed by atoms with Crippen molar-refractivity contribution in [3.8, 4) is 5.69 Å². The Kier molecular flexibility index (Phi) is 6.55. The molecule has 5 nitrogen and oxygen atoms in total. The van der Waals surface area contributed by atoms with Crippen LogP contribution < -0.4 is 5.32 Å². The molecule has 0 bridgehead atoms. The van der Waals surface area contributed by atoms with Crippen LogP contribution in [0.4, 0.5) is 13.2 Å². The van der Waals surface area contributed by atoms with Crippen molar-refractivity contribution in [2.24, 2.45) is 5.92 Å². The van der Waals surface area contributed by atoms with Crippen LogP contribution in [0.2, 0.25) is 0 Å². The molecule has 1 aromatic carbocycles. The quantitative estimate of drug-likeness (QED) is 0.768. The van der Waals surface area contributed by atoms with E-state index in [-0.39, 0.29) is 12.3 Å². The van der Waals surface area contributed by atoms with Gasteiger partial charge in [-0.05, 0) is 64.8 Å². The first kappa shape index (κ1) is 22.3. The van der Waals surface area contributed by atoms with E-state index in [2.05, 4.69) is 29.2 Å². The summed E-state index contributed by atoms with van der Waals surface area (Å²) in [6, 6.07) is 5.57. The van der Waals surface area contributed by atoms with Gasteiger partial charge in [-0.3, -0.25) is 4.79 Å². The fraction of sp³-hybridized carbons (Fsp3) is 0.545. The fourth-order valence-electron chi connectivity index (χ4n) is 3.98. The molecule has 1 N–H and O–H groups in total. The average Bonchev–Trinajstić information content (AvgIpc) is 3.26. The Morgan fingerprint density at radius 2 is 2.03 bits per heavy atom. The lowest BCUT2D eigenvalue weighted by atomic mass is 10.1. The number of hydrogen-bond donors (Lipinski definition) is 1. The van der Waals surface area contributed by atoms with Gasteiger partial charge in [-0.2, -0.15) is 18.3 Å². The second-order valence-corrected chi connectivity index (χ2v) is 8.33. The van der Waals surface area contributed by atoms with E-state index in [9.17, 15) is 18.0 Å². The van der Waals surface area contributed by atoms with Crippen molar-refractivity contribution in [3.05, 3.63) is 46.8 Å². The summed E-state index contributed by atoms with van der Waals surface area (Å²) in [4.78, 5) is 14.9. The van der Waals surface area contributed by atoms with Crippen LogP contribution in [0.5, 0.6) is 0 Å². The van der Waals surface area contributed by atoms with Gasteiger partial charge in [0.15, 0.2) is 0 Å². The molecule has 1 atom stereocenters. The molecule has 0 spiro atoms. The number of hydrogen-bond acceptors (Lipinski definition) is 3. The number of carbonyl (C=O) groups is 1. The summed E-state index contributed by atoms with van der Waals surface area (Å²) in [6.45, 7) is 10.6. The van der Waals surface area contributed by atoms with E-state index in [4.69, 9.17) is 0 Å². The maximum Gasteiger partial charge on any atom is 0.416 e. The zero-order chi connectivity index (χ0) is 22.1. The highest BCUT2D eigenvalue weighted by atomic mass is 19.4. The van der Waals surface area contributed by atoms with Gasteiger partial charge >= 0.3 is 6.18 Å². The highest BCUT2D eigenvalue weighted by Crippen LogP contribution is 2.31. The molecule has 2 aromatic rings. The van der Waals surface area contributed by atoms with Crippen molar-refractivity contribution in [2.75, 3.05) is 19.6 Å². The molecule has 0 saturated carbocycles. The highest BCUT2D eigenvalue weighted by molar-refractivity contribution is 5.79. The van der Waals surface area contributed by atoms with E-state index in [1.807, 2.05) is 0 Å². The third kappa shape index (κ3) is 5.03. The Bertz CT molecular complexity index is 904. The van der Waals surface area contributed by atoms with Crippen molar-refractivity contribution < 1.29 is 18.0 Å². The predicted octanol–water partition coefficient (Wildman–Crippen LogP) is 3.90. The average molecular weight is 422 g/mol. The summed E-state index contributed by atoms with van der Waals surface area (Å²) in [7, 11) is 0. The number of nitrogens with zero attached hydrogens (tertiary/aromatic N) is 3. The lowest BCUT2D eigenvalue weighted by Gasteiger charge is -2.20. The van der Waals surface area contributed by atoms with Gasteiger partial charge in [-0.25, -0.2) is 4.68 Å². The Morgan fingerprint density at radius 1 is 1.30 bits per heavy atom. The topological polar surface area (TPSA) is 50.2 Å². The second-order valence-electron chi connectivity index (χ2n) is 8.33. The van der Waals surface area contributed by atoms with Crippen molar-refractivity contribution in [3.63, 3.8) is 0 Å². The minimum atomic E-state index is -4.42. The lowest BCUT2D eigenvalue weighted by Crippen LogP contribution is -2.33. The van der Waals surface area contributed by atoms with Crippen LogP contribution in [0.25, 0.3) is 5.69 Å². The third-order valence-corrected chi connectivity index (χ3v) is 5.83. The van der Waals surface area contributed by atoms with Crippen LogP contribution in [0.1, 0.15) is 42.8 Å². The summed E-state index contributed by atoms with van der Waals surface area (Å²) in [5.74, 6) is 0.360. The molecule has 8 heteroatoms. The zero-order valence-electron chi connectivity index (χ0n) is 17.9. The van der Waals surface area contributed by atoms with Gasteiger partial charge in [-0.15, -0.1) is 0 Å². The zero-order valence-corrected chi connectivity index (χ0v) is 17.9. The van der Waals surface area contributed by atoms with Crippen molar-refractivity contribution in [2.45, 2.75) is 52.8 Å². The van der Waals surface area contributed by atoms with Crippen molar-refractivity contribution >= 4 is 5.91 Å². The molecule has 1 unspecified atom stereocenters. The Balaban J connectivity index is 1.67. The first-order valence-electron chi connectivity index (χ1n) is 10.3. The number of alkyl halides is 3. The van der Waals surface area contributed by atoms with Gasteiger partial charge in [0.25, 0.3) is 0 Å². The smallest absolute Gasteiger partial charge is 0.355 e. The number of likely N-dealkylation sites (tertiary alicyclic amines) is 1. The third-order valence-electron chi connectivity index (χ3n) is 5.83. The summed E-state index contributed by atoms with van der Waals surface area (Å²) in [5.41, 5.74) is 1.68. The molecular formula is C22H29F3N4O. The van der Waals surface area contributed by atoms with E-state index in [1.54, 1.807) is 19.9 Å². The van der Waals surface area contributed by atoms with Crippen LogP contribution >= 0.6 is 0 Å². The molecule has 30 heavy (non-hydrogen) atoms. The van der Waals surface area contributed by atoms with Crippen LogP contribution in [0, 0.1) is 19.8 Å². The molecular weight excluding hydrogens is 393 g/mol. The Morgan fingerprint density at radius 3 is 2.67 bits per heavy atom. The number of halogens is 3. The largest absolute Gasteiger partial charge is 0.416 e. The van der Waals surface area contributed by atoms with Crippen LogP contribution in [0.3, 0.4) is 0 Å². The number of carbonyl (C=O) groups excluding carboxylic acids is 1. The van der Waals surface area contributed by atoms with Gasteiger partial charge in [0.1, 0.15) is 0 Å². The van der Waals surface area contributed by atoms with Crippen molar-refractivity contribution in [1.29, 1.82) is 0 Å². The number of aromatic nitrogens is 2. The summed E-state index contributed by atoms with van der Waals surface area (Å²) >= 11 is 0. The predicted molar refractivity (Wildman–Crippen MR) is 110 cm³/mol. The normalized spacial score (nSPS) is 17.7. The summed E-state index contributed by atoms with van der Waals surface area (Å²) < 4.78 is 40.6. The van der Waals surface area contributed by atoms with Crippen LogP contribution in [-0.4, -0.2) is 46.3 Å². The maximum absolute atomic E-state index is 13.0. The number of rotatable bonds is 6. The van der Waals surface area contributed by atoms with Gasteiger partial charge in [-0.1, -0.05) is 6.07 Å². The highest BCUT2D eigenvalue weighted by Gasteiger charge is 2.31. The molecule has 1 aromatic heterocycles. The number of nitrogens with one attached hydrogen (secondary N) is 1. The first-order chi connectivity index (χ1) is 14.1. The molecule has 1 amide bonds. The van der Waals surface area contributed by atoms with E-state index in [0.29, 0.717) is 35.6 Å². The van der Waals surface area contributed by atoms with E-state index in [1.165, 1.54) is 10.7 Å². The van der Waals surface area contributed by atoms with Gasteiger partial charge in [0, 0.05) is 30.4 Å². The molecule has 3 rings (SSSR count). The SMILES string of the molecule is Cc1nn(-c2cccc(C(F)(F)F)c2)c(C)c1CC(=O)NCC1CCN(C(C)C)C1. The number of amides is 1.